The van der Waals surface area contributed by atoms with Gasteiger partial charge in [-0.05, 0) is 38.8 Å². The highest BCUT2D eigenvalue weighted by Crippen LogP contribution is 2.32. The first-order valence-corrected chi connectivity index (χ1v) is 8.36. The van der Waals surface area contributed by atoms with Crippen LogP contribution in [0.1, 0.15) is 38.7 Å². The first-order chi connectivity index (χ1) is 11.4. The molecule has 0 spiro atoms. The number of rotatable bonds is 4. The van der Waals surface area contributed by atoms with Crippen LogP contribution in [-0.2, 0) is 4.79 Å². The normalized spacial score (nSPS) is 17.5. The van der Waals surface area contributed by atoms with E-state index in [4.69, 9.17) is 4.74 Å². The van der Waals surface area contributed by atoms with Crippen molar-refractivity contribution in [2.75, 3.05) is 26.7 Å². The van der Waals surface area contributed by atoms with Crippen LogP contribution < -0.4 is 20.7 Å². The molecule has 0 bridgehead atoms. The molecule has 132 valence electrons. The molecule has 0 saturated carbocycles. The number of ether oxygens (including phenoxy) is 1. The van der Waals surface area contributed by atoms with E-state index in [1.54, 1.807) is 7.05 Å². The van der Waals surface area contributed by atoms with Gasteiger partial charge in [-0.25, -0.2) is 0 Å². The Morgan fingerprint density at radius 2 is 2.04 bits per heavy atom. The van der Waals surface area contributed by atoms with Gasteiger partial charge in [-0.1, -0.05) is 18.2 Å². The van der Waals surface area contributed by atoms with Crippen molar-refractivity contribution >= 4 is 11.9 Å². The van der Waals surface area contributed by atoms with Gasteiger partial charge in [-0.15, -0.1) is 0 Å². The third kappa shape index (κ3) is 5.44. The predicted molar refractivity (Wildman–Crippen MR) is 96.6 cm³/mol. The molecule has 3 N–H and O–H groups in total. The van der Waals surface area contributed by atoms with Crippen LogP contribution in [0.3, 0.4) is 0 Å². The van der Waals surface area contributed by atoms with Crippen LogP contribution >= 0.6 is 0 Å². The molecule has 0 fully saturated rings. The second-order valence-electron chi connectivity index (χ2n) is 6.98. The summed E-state index contributed by atoms with van der Waals surface area (Å²) in [6.07, 6.45) is 0.964. The van der Waals surface area contributed by atoms with Gasteiger partial charge < -0.3 is 20.7 Å². The molecule has 1 aliphatic heterocycles. The van der Waals surface area contributed by atoms with Crippen molar-refractivity contribution < 1.29 is 9.53 Å². The number of hydrogen-bond acceptors (Lipinski definition) is 3. The van der Waals surface area contributed by atoms with Crippen LogP contribution in [0.25, 0.3) is 0 Å². The number of carbonyl (C=O) groups is 1. The molecule has 1 atom stereocenters. The summed E-state index contributed by atoms with van der Waals surface area (Å²) in [5.74, 6) is 1.91. The summed E-state index contributed by atoms with van der Waals surface area (Å²) in [4.78, 5) is 16.1. The Bertz CT molecular complexity index is 593. The van der Waals surface area contributed by atoms with Crippen molar-refractivity contribution in [1.29, 1.82) is 0 Å². The number of para-hydroxylation sites is 1. The maximum absolute atomic E-state index is 11.9. The zero-order valence-corrected chi connectivity index (χ0v) is 15.0. The van der Waals surface area contributed by atoms with E-state index in [0.29, 0.717) is 11.9 Å². The van der Waals surface area contributed by atoms with Gasteiger partial charge in [-0.2, -0.15) is 0 Å². The quantitative estimate of drug-likeness (QED) is 0.579. The fourth-order valence-electron chi connectivity index (χ4n) is 2.69. The Morgan fingerprint density at radius 1 is 1.29 bits per heavy atom. The Balaban J connectivity index is 1.83. The fourth-order valence-corrected chi connectivity index (χ4v) is 2.69. The average molecular weight is 332 g/mol. The molecule has 6 nitrogen and oxygen atoms in total. The smallest absolute Gasteiger partial charge is 0.239 e. The lowest BCUT2D eigenvalue weighted by atomic mass is 9.93. The molecule has 1 amide bonds. The van der Waals surface area contributed by atoms with Gasteiger partial charge in [0.05, 0.1) is 13.2 Å². The Labute approximate surface area is 144 Å². The minimum Gasteiger partial charge on any atom is -0.493 e. The van der Waals surface area contributed by atoms with Gasteiger partial charge in [0, 0.05) is 25.0 Å². The van der Waals surface area contributed by atoms with Crippen LogP contribution in [0.4, 0.5) is 0 Å². The molecule has 0 aliphatic carbocycles. The summed E-state index contributed by atoms with van der Waals surface area (Å²) >= 11 is 0. The zero-order valence-electron chi connectivity index (χ0n) is 15.0. The van der Waals surface area contributed by atoms with Crippen LogP contribution in [0, 0.1) is 0 Å². The number of hydrogen-bond donors (Lipinski definition) is 3. The lowest BCUT2D eigenvalue weighted by Crippen LogP contribution is -2.48. The topological polar surface area (TPSA) is 74.8 Å². The third-order valence-corrected chi connectivity index (χ3v) is 3.75. The standard InChI is InChI=1S/C18H28N4O2/c1-18(2,3)22-16(23)12-21-17(19-4)20-11-13-9-10-24-15-8-6-5-7-14(13)15/h5-8,13H,9-12H2,1-4H3,(H,22,23)(H2,19,20,21). The lowest BCUT2D eigenvalue weighted by Gasteiger charge is -2.26. The Hall–Kier alpha value is -2.24. The summed E-state index contributed by atoms with van der Waals surface area (Å²) < 4.78 is 5.69. The summed E-state index contributed by atoms with van der Waals surface area (Å²) in [5.41, 5.74) is 0.985. The van der Waals surface area contributed by atoms with E-state index in [1.165, 1.54) is 5.56 Å². The van der Waals surface area contributed by atoms with Gasteiger partial charge >= 0.3 is 0 Å². The van der Waals surface area contributed by atoms with Gasteiger partial charge in [0.1, 0.15) is 5.75 Å². The molecule has 1 unspecified atom stereocenters. The molecule has 0 aromatic heterocycles. The zero-order chi connectivity index (χ0) is 17.6. The summed E-state index contributed by atoms with van der Waals surface area (Å²) in [5, 5.41) is 9.27. The van der Waals surface area contributed by atoms with Crippen molar-refractivity contribution in [1.82, 2.24) is 16.0 Å². The number of nitrogens with zero attached hydrogens (tertiary/aromatic N) is 1. The number of guanidine groups is 1. The van der Waals surface area contributed by atoms with Crippen LogP contribution in [-0.4, -0.2) is 44.1 Å². The largest absolute Gasteiger partial charge is 0.493 e. The highest BCUT2D eigenvalue weighted by molar-refractivity contribution is 5.86. The molecule has 6 heteroatoms. The molecule has 0 saturated heterocycles. The maximum atomic E-state index is 11.9. The number of fused-ring (bicyclic) bond motifs is 1. The van der Waals surface area contributed by atoms with E-state index < -0.39 is 0 Å². The van der Waals surface area contributed by atoms with Crippen molar-refractivity contribution in [2.45, 2.75) is 38.6 Å². The van der Waals surface area contributed by atoms with Gasteiger partial charge in [0.25, 0.3) is 0 Å². The fraction of sp³-hybridized carbons (Fsp3) is 0.556. The van der Waals surface area contributed by atoms with Gasteiger partial charge in [0.2, 0.25) is 5.91 Å². The van der Waals surface area contributed by atoms with E-state index >= 15 is 0 Å². The second-order valence-corrected chi connectivity index (χ2v) is 6.98. The van der Waals surface area contributed by atoms with Crippen molar-refractivity contribution in [3.63, 3.8) is 0 Å². The molecule has 1 aromatic rings. The van der Waals surface area contributed by atoms with E-state index in [0.717, 1.165) is 25.3 Å². The monoisotopic (exact) mass is 332 g/mol. The summed E-state index contributed by atoms with van der Waals surface area (Å²) in [6.45, 7) is 7.55. The minimum absolute atomic E-state index is 0.0538. The number of benzene rings is 1. The minimum atomic E-state index is -0.235. The first-order valence-electron chi connectivity index (χ1n) is 8.36. The molecule has 1 aromatic carbocycles. The van der Waals surface area contributed by atoms with Gasteiger partial charge in [-0.3, -0.25) is 9.79 Å². The maximum Gasteiger partial charge on any atom is 0.239 e. The van der Waals surface area contributed by atoms with E-state index in [9.17, 15) is 4.79 Å². The van der Waals surface area contributed by atoms with Crippen molar-refractivity contribution in [3.05, 3.63) is 29.8 Å². The lowest BCUT2D eigenvalue weighted by molar-refractivity contribution is -0.121. The number of amides is 1. The van der Waals surface area contributed by atoms with Crippen LogP contribution in [0.2, 0.25) is 0 Å². The molecular weight excluding hydrogens is 304 g/mol. The molecule has 1 heterocycles. The summed E-state index contributed by atoms with van der Waals surface area (Å²) in [7, 11) is 1.70. The van der Waals surface area contributed by atoms with Crippen molar-refractivity contribution in [3.8, 4) is 5.75 Å². The number of carbonyl (C=O) groups excluding carboxylic acids is 1. The number of aliphatic imine (C=N–C) groups is 1. The Morgan fingerprint density at radius 3 is 2.75 bits per heavy atom. The van der Waals surface area contributed by atoms with Crippen molar-refractivity contribution in [2.24, 2.45) is 4.99 Å². The summed E-state index contributed by atoms with van der Waals surface area (Å²) in [6, 6.07) is 8.13. The SMILES string of the molecule is CN=C(NCC(=O)NC(C)(C)C)NCC1CCOc2ccccc21. The molecule has 2 rings (SSSR count). The number of nitrogens with one attached hydrogen (secondary N) is 3. The highest BCUT2D eigenvalue weighted by atomic mass is 16.5. The average Bonchev–Trinajstić information content (AvgIpc) is 2.53. The van der Waals surface area contributed by atoms with Gasteiger partial charge in [0.15, 0.2) is 5.96 Å². The second kappa shape index (κ2) is 8.04. The van der Waals surface area contributed by atoms with Crippen LogP contribution in [0.5, 0.6) is 5.75 Å². The van der Waals surface area contributed by atoms with Crippen LogP contribution in [0.15, 0.2) is 29.3 Å². The highest BCUT2D eigenvalue weighted by Gasteiger charge is 2.21. The Kier molecular flexibility index (Phi) is 6.06. The first kappa shape index (κ1) is 18.1. The molecular formula is C18H28N4O2. The predicted octanol–water partition coefficient (Wildman–Crippen LogP) is 1.63. The van der Waals surface area contributed by atoms with E-state index in [1.807, 2.05) is 39.0 Å². The molecule has 1 aliphatic rings. The molecule has 24 heavy (non-hydrogen) atoms. The van der Waals surface area contributed by atoms with E-state index in [-0.39, 0.29) is 18.0 Å². The van der Waals surface area contributed by atoms with E-state index in [2.05, 4.69) is 27.0 Å². The molecule has 0 radical (unpaired) electrons. The third-order valence-electron chi connectivity index (χ3n) is 3.75.